The highest BCUT2D eigenvalue weighted by molar-refractivity contribution is 6.30. The molecule has 1 unspecified atom stereocenters. The molecule has 0 aliphatic rings. The highest BCUT2D eigenvalue weighted by Crippen LogP contribution is 2.20. The zero-order valence-corrected chi connectivity index (χ0v) is 17.3. The molecule has 0 radical (unpaired) electrons. The summed E-state index contributed by atoms with van der Waals surface area (Å²) < 4.78 is 5.20. The van der Waals surface area contributed by atoms with Crippen molar-refractivity contribution in [2.75, 3.05) is 7.11 Å². The number of benzene rings is 2. The summed E-state index contributed by atoms with van der Waals surface area (Å²) in [5.41, 5.74) is 2.80. The number of non-ortho nitro benzene ring substituents is 1. The maximum Gasteiger partial charge on any atom is 0.270 e. The first kappa shape index (κ1) is 22.8. The predicted octanol–water partition coefficient (Wildman–Crippen LogP) is 3.16. The van der Waals surface area contributed by atoms with Crippen molar-refractivity contribution in [1.82, 2.24) is 10.7 Å². The van der Waals surface area contributed by atoms with Gasteiger partial charge in [0.05, 0.1) is 18.2 Å². The van der Waals surface area contributed by atoms with Crippen molar-refractivity contribution in [2.24, 2.45) is 11.0 Å². The molecule has 0 bridgehead atoms. The van der Waals surface area contributed by atoms with Crippen LogP contribution in [0.15, 0.2) is 47.6 Å². The molecule has 0 aliphatic carbocycles. The number of hydrogen-bond acceptors (Lipinski definition) is 6. The van der Waals surface area contributed by atoms with Gasteiger partial charge in [0, 0.05) is 28.3 Å². The Balaban J connectivity index is 2.10. The minimum Gasteiger partial charge on any atom is -0.496 e. The Morgan fingerprint density at radius 2 is 1.97 bits per heavy atom. The molecule has 2 N–H and O–H groups in total. The SMILES string of the molecule is COc1ccc(Cl)cc1/C=N/NC(=O)C(NC(=O)c1cccc([N+](=O)[O-])c1)C(C)C. The molecule has 1 atom stereocenters. The predicted molar refractivity (Wildman–Crippen MR) is 113 cm³/mol. The van der Waals surface area contributed by atoms with E-state index in [0.717, 1.165) is 6.07 Å². The number of carbonyl (C=O) groups is 2. The summed E-state index contributed by atoms with van der Waals surface area (Å²) in [4.78, 5) is 35.3. The van der Waals surface area contributed by atoms with Crippen molar-refractivity contribution in [2.45, 2.75) is 19.9 Å². The van der Waals surface area contributed by atoms with Crippen molar-refractivity contribution in [3.8, 4) is 5.75 Å². The van der Waals surface area contributed by atoms with E-state index in [-0.39, 0.29) is 17.2 Å². The zero-order chi connectivity index (χ0) is 22.3. The van der Waals surface area contributed by atoms with Gasteiger partial charge >= 0.3 is 0 Å². The van der Waals surface area contributed by atoms with Gasteiger partial charge in [-0.25, -0.2) is 5.43 Å². The number of hydrogen-bond donors (Lipinski definition) is 2. The molecule has 30 heavy (non-hydrogen) atoms. The van der Waals surface area contributed by atoms with Gasteiger partial charge in [-0.15, -0.1) is 0 Å². The molecule has 0 saturated heterocycles. The van der Waals surface area contributed by atoms with Gasteiger partial charge in [0.25, 0.3) is 17.5 Å². The van der Waals surface area contributed by atoms with Gasteiger partial charge in [-0.3, -0.25) is 19.7 Å². The molecule has 2 amide bonds. The zero-order valence-electron chi connectivity index (χ0n) is 16.6. The van der Waals surface area contributed by atoms with Gasteiger partial charge in [-0.05, 0) is 30.2 Å². The molecule has 2 aromatic carbocycles. The van der Waals surface area contributed by atoms with E-state index in [9.17, 15) is 19.7 Å². The number of nitrogens with one attached hydrogen (secondary N) is 2. The molecule has 10 heteroatoms. The third kappa shape index (κ3) is 6.02. The van der Waals surface area contributed by atoms with E-state index in [1.54, 1.807) is 32.0 Å². The van der Waals surface area contributed by atoms with Crippen LogP contribution >= 0.6 is 11.6 Å². The molecular formula is C20H21ClN4O5. The minimum atomic E-state index is -0.907. The van der Waals surface area contributed by atoms with Crippen LogP contribution in [0.3, 0.4) is 0 Å². The van der Waals surface area contributed by atoms with E-state index in [4.69, 9.17) is 16.3 Å². The average Bonchev–Trinajstić information content (AvgIpc) is 2.71. The first-order valence-electron chi connectivity index (χ1n) is 8.94. The fraction of sp³-hybridized carbons (Fsp3) is 0.250. The molecule has 2 rings (SSSR count). The van der Waals surface area contributed by atoms with Crippen LogP contribution in [-0.4, -0.2) is 36.1 Å². The Morgan fingerprint density at radius 3 is 2.60 bits per heavy atom. The standard InChI is InChI=1S/C20H21ClN4O5/c1-12(2)18(23-19(26)13-5-4-6-16(10-13)25(28)29)20(27)24-22-11-14-9-15(21)7-8-17(14)30-3/h4-12,18H,1-3H3,(H,23,26)(H,24,27)/b22-11+. The van der Waals surface area contributed by atoms with E-state index in [1.807, 2.05) is 0 Å². The first-order valence-corrected chi connectivity index (χ1v) is 9.32. The third-order valence-electron chi connectivity index (χ3n) is 4.13. The van der Waals surface area contributed by atoms with E-state index in [2.05, 4.69) is 15.8 Å². The van der Waals surface area contributed by atoms with Crippen molar-refractivity contribution in [3.05, 3.63) is 68.7 Å². The van der Waals surface area contributed by atoms with Crippen molar-refractivity contribution >= 4 is 35.3 Å². The van der Waals surface area contributed by atoms with Crippen LogP contribution in [0.25, 0.3) is 0 Å². The second kappa shape index (κ2) is 10.4. The number of nitro benzene ring substituents is 1. The molecule has 0 aromatic heterocycles. The number of rotatable bonds is 8. The van der Waals surface area contributed by atoms with Crippen molar-refractivity contribution < 1.29 is 19.2 Å². The van der Waals surface area contributed by atoms with Gasteiger partial charge < -0.3 is 10.1 Å². The minimum absolute atomic E-state index is 0.0785. The van der Waals surface area contributed by atoms with Gasteiger partial charge in [0.15, 0.2) is 0 Å². The number of nitrogens with zero attached hydrogens (tertiary/aromatic N) is 2. The van der Waals surface area contributed by atoms with E-state index in [1.165, 1.54) is 31.5 Å². The maximum absolute atomic E-state index is 12.5. The Labute approximate surface area is 178 Å². The number of methoxy groups -OCH3 is 1. The van der Waals surface area contributed by atoms with Crippen LogP contribution < -0.4 is 15.5 Å². The number of hydrazone groups is 1. The summed E-state index contributed by atoms with van der Waals surface area (Å²) in [5.74, 6) is -0.880. The van der Waals surface area contributed by atoms with E-state index < -0.39 is 22.8 Å². The third-order valence-corrected chi connectivity index (χ3v) is 4.36. The fourth-order valence-corrected chi connectivity index (χ4v) is 2.74. The van der Waals surface area contributed by atoms with Gasteiger partial charge in [0.2, 0.25) is 0 Å². The molecule has 2 aromatic rings. The highest BCUT2D eigenvalue weighted by Gasteiger charge is 2.25. The smallest absolute Gasteiger partial charge is 0.270 e. The Hall–Kier alpha value is -3.46. The van der Waals surface area contributed by atoms with E-state index >= 15 is 0 Å². The largest absolute Gasteiger partial charge is 0.496 e. The molecule has 0 heterocycles. The normalized spacial score (nSPS) is 11.9. The number of halogens is 1. The van der Waals surface area contributed by atoms with Crippen LogP contribution in [0.4, 0.5) is 5.69 Å². The number of amides is 2. The molecular weight excluding hydrogens is 412 g/mol. The Kier molecular flexibility index (Phi) is 7.88. The lowest BCUT2D eigenvalue weighted by Crippen LogP contribution is -2.48. The highest BCUT2D eigenvalue weighted by atomic mass is 35.5. The van der Waals surface area contributed by atoms with Crippen LogP contribution in [-0.2, 0) is 4.79 Å². The summed E-state index contributed by atoms with van der Waals surface area (Å²) in [6.45, 7) is 3.50. The van der Waals surface area contributed by atoms with E-state index in [0.29, 0.717) is 16.3 Å². The summed E-state index contributed by atoms with van der Waals surface area (Å²) in [6, 6.07) is 9.31. The maximum atomic E-state index is 12.5. The van der Waals surface area contributed by atoms with Crippen LogP contribution in [0.1, 0.15) is 29.8 Å². The summed E-state index contributed by atoms with van der Waals surface area (Å²) in [5, 5.41) is 17.9. The van der Waals surface area contributed by atoms with Gasteiger partial charge in [-0.1, -0.05) is 31.5 Å². The monoisotopic (exact) mass is 432 g/mol. The second-order valence-electron chi connectivity index (χ2n) is 6.62. The topological polar surface area (TPSA) is 123 Å². The second-order valence-corrected chi connectivity index (χ2v) is 7.06. The van der Waals surface area contributed by atoms with Gasteiger partial charge in [0.1, 0.15) is 11.8 Å². The molecule has 158 valence electrons. The van der Waals surface area contributed by atoms with Crippen molar-refractivity contribution in [1.29, 1.82) is 0 Å². The summed E-state index contributed by atoms with van der Waals surface area (Å²) >= 11 is 5.96. The van der Waals surface area contributed by atoms with Crippen molar-refractivity contribution in [3.63, 3.8) is 0 Å². The Morgan fingerprint density at radius 1 is 1.23 bits per heavy atom. The molecule has 0 fully saturated rings. The number of nitro groups is 1. The fourth-order valence-electron chi connectivity index (χ4n) is 2.56. The van der Waals surface area contributed by atoms with Crippen LogP contribution in [0, 0.1) is 16.0 Å². The molecule has 0 spiro atoms. The quantitative estimate of drug-likeness (QED) is 0.376. The Bertz CT molecular complexity index is 977. The molecule has 0 aliphatic heterocycles. The first-order chi connectivity index (χ1) is 14.2. The lowest BCUT2D eigenvalue weighted by Gasteiger charge is -2.20. The molecule has 9 nitrogen and oxygen atoms in total. The van der Waals surface area contributed by atoms with Gasteiger partial charge in [-0.2, -0.15) is 5.10 Å². The summed E-state index contributed by atoms with van der Waals surface area (Å²) in [7, 11) is 1.50. The average molecular weight is 433 g/mol. The lowest BCUT2D eigenvalue weighted by atomic mass is 10.0. The van der Waals surface area contributed by atoms with Crippen LogP contribution in [0.5, 0.6) is 5.75 Å². The number of carbonyl (C=O) groups excluding carboxylic acids is 2. The molecule has 0 saturated carbocycles. The summed E-state index contributed by atoms with van der Waals surface area (Å²) in [6.07, 6.45) is 1.38. The van der Waals surface area contributed by atoms with Crippen LogP contribution in [0.2, 0.25) is 5.02 Å². The number of ether oxygens (including phenoxy) is 1. The lowest BCUT2D eigenvalue weighted by molar-refractivity contribution is -0.384.